The minimum Gasteiger partial charge on any atom is -0.339 e. The van der Waals surface area contributed by atoms with E-state index in [1.165, 1.54) is 6.20 Å². The lowest BCUT2D eigenvalue weighted by Gasteiger charge is -2.10. The van der Waals surface area contributed by atoms with Gasteiger partial charge in [0.2, 0.25) is 0 Å². The predicted octanol–water partition coefficient (Wildman–Crippen LogP) is 5.65. The Morgan fingerprint density at radius 1 is 1.10 bits per heavy atom. The van der Waals surface area contributed by atoms with Gasteiger partial charge in [0.1, 0.15) is 16.7 Å². The molecule has 0 unspecified atom stereocenters. The lowest BCUT2D eigenvalue weighted by molar-refractivity contribution is 0.997. The second-order valence-electron chi connectivity index (χ2n) is 5.20. The fraction of sp³-hybridized carbons (Fsp3) is 0.217. The van der Waals surface area contributed by atoms with Crippen LogP contribution in [-0.2, 0) is 0 Å². The largest absolute Gasteiger partial charge is 0.339 e. The number of para-hydroxylation sites is 1. The van der Waals surface area contributed by atoms with Crippen LogP contribution in [0.2, 0.25) is 0 Å². The first kappa shape index (κ1) is 23.5. The summed E-state index contributed by atoms with van der Waals surface area (Å²) in [4.78, 5) is 21.3. The van der Waals surface area contributed by atoms with E-state index in [1.54, 1.807) is 6.08 Å². The third-order valence-corrected chi connectivity index (χ3v) is 3.46. The molecule has 0 amide bonds. The monoisotopic (exact) mass is 391 g/mol. The van der Waals surface area contributed by atoms with Gasteiger partial charge in [-0.1, -0.05) is 76.8 Å². The second kappa shape index (κ2) is 12.8. The van der Waals surface area contributed by atoms with E-state index in [2.05, 4.69) is 32.1 Å². The Balaban J connectivity index is 0.000000989. The summed E-state index contributed by atoms with van der Waals surface area (Å²) in [5.74, 6) is 0.908. The van der Waals surface area contributed by atoms with Crippen LogP contribution < -0.4 is 10.9 Å². The summed E-state index contributed by atoms with van der Waals surface area (Å²) >= 11 is 0. The van der Waals surface area contributed by atoms with Crippen molar-refractivity contribution < 1.29 is 0 Å². The van der Waals surface area contributed by atoms with Crippen LogP contribution in [0.5, 0.6) is 0 Å². The summed E-state index contributed by atoms with van der Waals surface area (Å²) < 4.78 is 0. The van der Waals surface area contributed by atoms with Crippen LogP contribution >= 0.6 is 0 Å². The molecule has 6 nitrogen and oxygen atoms in total. The lowest BCUT2D eigenvalue weighted by atomic mass is 10.2. The highest BCUT2D eigenvalue weighted by atomic mass is 16.1. The third kappa shape index (κ3) is 6.24. The molecule has 2 N–H and O–H groups in total. The van der Waals surface area contributed by atoms with E-state index in [1.807, 2.05) is 83.2 Å². The minimum absolute atomic E-state index is 0.345. The number of rotatable bonds is 5. The third-order valence-electron chi connectivity index (χ3n) is 3.46. The van der Waals surface area contributed by atoms with Crippen LogP contribution in [0.15, 0.2) is 72.2 Å². The Morgan fingerprint density at radius 3 is 2.41 bits per heavy atom. The van der Waals surface area contributed by atoms with Crippen LogP contribution in [0.1, 0.15) is 40.4 Å². The molecule has 0 bridgehead atoms. The summed E-state index contributed by atoms with van der Waals surface area (Å²) in [6, 6.07) is 9.52. The highest BCUT2D eigenvalue weighted by molar-refractivity contribution is 5.91. The molecule has 0 radical (unpaired) electrons. The smallest absolute Gasteiger partial charge is 0.277 e. The molecule has 0 saturated carbocycles. The molecule has 29 heavy (non-hydrogen) atoms. The molecule has 0 aliphatic rings. The van der Waals surface area contributed by atoms with E-state index in [9.17, 15) is 4.79 Å². The van der Waals surface area contributed by atoms with Crippen LogP contribution in [-0.4, -0.2) is 20.2 Å². The topological polar surface area (TPSA) is 83.6 Å². The zero-order valence-corrected chi connectivity index (χ0v) is 17.7. The molecule has 3 aromatic rings. The van der Waals surface area contributed by atoms with Crippen molar-refractivity contribution in [2.45, 2.75) is 34.6 Å². The van der Waals surface area contributed by atoms with Gasteiger partial charge in [0.15, 0.2) is 5.82 Å². The Morgan fingerprint density at radius 2 is 1.79 bits per heavy atom. The normalized spacial score (nSPS) is 10.6. The van der Waals surface area contributed by atoms with Crippen molar-refractivity contribution in [1.82, 2.24) is 20.2 Å². The number of allylic oxidation sites excluding steroid dienone is 5. The fourth-order valence-corrected chi connectivity index (χ4v) is 2.39. The fourth-order valence-electron chi connectivity index (χ4n) is 2.39. The van der Waals surface area contributed by atoms with E-state index in [0.717, 1.165) is 11.3 Å². The van der Waals surface area contributed by atoms with Crippen LogP contribution in [0.3, 0.4) is 0 Å². The SMILES string of the molecule is C=C/C=C(\C=C/C)c1nc(Nc2ccccc2)c2c(=O)[nH]ncc2n1.CC.CC. The molecule has 0 aliphatic carbocycles. The molecule has 3 rings (SSSR count). The number of benzene rings is 1. The van der Waals surface area contributed by atoms with Crippen molar-refractivity contribution in [1.29, 1.82) is 0 Å². The molecule has 6 heteroatoms. The van der Waals surface area contributed by atoms with Crippen molar-refractivity contribution in [3.63, 3.8) is 0 Å². The maximum Gasteiger partial charge on any atom is 0.277 e. The van der Waals surface area contributed by atoms with Gasteiger partial charge in [0, 0.05) is 11.3 Å². The van der Waals surface area contributed by atoms with Crippen LogP contribution in [0, 0.1) is 0 Å². The maximum atomic E-state index is 12.2. The number of nitrogens with zero attached hydrogens (tertiary/aromatic N) is 3. The Kier molecular flexibility index (Phi) is 10.4. The molecule has 0 atom stereocenters. The molecular weight excluding hydrogens is 362 g/mol. The average Bonchev–Trinajstić information content (AvgIpc) is 2.77. The number of hydrogen-bond acceptors (Lipinski definition) is 5. The number of fused-ring (bicyclic) bond motifs is 1. The van der Waals surface area contributed by atoms with Gasteiger partial charge >= 0.3 is 0 Å². The summed E-state index contributed by atoms with van der Waals surface area (Å²) in [6.07, 6.45) is 8.77. The first-order chi connectivity index (χ1) is 14.2. The molecule has 2 heterocycles. The van der Waals surface area contributed by atoms with Gasteiger partial charge in [-0.05, 0) is 19.1 Å². The number of aromatic nitrogens is 4. The molecule has 1 aromatic carbocycles. The quantitative estimate of drug-likeness (QED) is 0.549. The predicted molar refractivity (Wildman–Crippen MR) is 123 cm³/mol. The summed E-state index contributed by atoms with van der Waals surface area (Å²) in [7, 11) is 0. The maximum absolute atomic E-state index is 12.2. The van der Waals surface area contributed by atoms with Crippen molar-refractivity contribution >= 4 is 28.0 Å². The number of H-pyrrole nitrogens is 1. The highest BCUT2D eigenvalue weighted by Crippen LogP contribution is 2.23. The summed E-state index contributed by atoms with van der Waals surface area (Å²) in [5, 5.41) is 9.82. The van der Waals surface area contributed by atoms with Gasteiger partial charge in [-0.25, -0.2) is 15.1 Å². The van der Waals surface area contributed by atoms with Crippen molar-refractivity contribution in [2.24, 2.45) is 0 Å². The Labute approximate surface area is 172 Å². The molecule has 152 valence electrons. The van der Waals surface area contributed by atoms with Crippen LogP contribution in [0.4, 0.5) is 11.5 Å². The Bertz CT molecular complexity index is 1020. The van der Waals surface area contributed by atoms with Gasteiger partial charge in [-0.2, -0.15) is 5.10 Å². The number of aromatic amines is 1. The zero-order chi connectivity index (χ0) is 21.6. The molecule has 0 saturated heterocycles. The number of anilines is 2. The summed E-state index contributed by atoms with van der Waals surface area (Å²) in [6.45, 7) is 13.6. The average molecular weight is 392 g/mol. The minimum atomic E-state index is -0.345. The van der Waals surface area contributed by atoms with E-state index in [0.29, 0.717) is 22.5 Å². The molecule has 0 fully saturated rings. The van der Waals surface area contributed by atoms with Crippen molar-refractivity contribution in [3.05, 3.63) is 83.6 Å². The standard InChI is InChI=1S/C19H17N5O.2C2H6/c1-3-8-13(9-4-2)17-22-15-12-20-24-19(25)16(15)18(23-17)21-14-10-6-5-7-11-14;2*1-2/h3-12H,1H2,2H3,(H,24,25)(H,21,22,23);2*1-2H3/b9-4-,13-8+;;. The number of hydrogen-bond donors (Lipinski definition) is 2. The Hall–Kier alpha value is -3.54. The first-order valence-corrected chi connectivity index (χ1v) is 9.76. The zero-order valence-electron chi connectivity index (χ0n) is 17.7. The van der Waals surface area contributed by atoms with Crippen LogP contribution in [0.25, 0.3) is 16.5 Å². The van der Waals surface area contributed by atoms with E-state index in [4.69, 9.17) is 0 Å². The van der Waals surface area contributed by atoms with E-state index >= 15 is 0 Å². The highest BCUT2D eigenvalue weighted by Gasteiger charge is 2.13. The summed E-state index contributed by atoms with van der Waals surface area (Å²) in [5.41, 5.74) is 1.73. The van der Waals surface area contributed by atoms with Gasteiger partial charge in [0.05, 0.1) is 6.20 Å². The van der Waals surface area contributed by atoms with E-state index in [-0.39, 0.29) is 5.56 Å². The molecule has 0 aliphatic heterocycles. The van der Waals surface area contributed by atoms with E-state index < -0.39 is 0 Å². The molecule has 0 spiro atoms. The first-order valence-electron chi connectivity index (χ1n) is 9.76. The van der Waals surface area contributed by atoms with Gasteiger partial charge < -0.3 is 5.32 Å². The van der Waals surface area contributed by atoms with Gasteiger partial charge in [0.25, 0.3) is 5.56 Å². The van der Waals surface area contributed by atoms with Gasteiger partial charge in [-0.3, -0.25) is 4.79 Å². The number of nitrogens with one attached hydrogen (secondary N) is 2. The van der Waals surface area contributed by atoms with Crippen molar-refractivity contribution in [2.75, 3.05) is 5.32 Å². The molecule has 2 aromatic heterocycles. The van der Waals surface area contributed by atoms with Gasteiger partial charge in [-0.15, -0.1) is 0 Å². The van der Waals surface area contributed by atoms with Crippen molar-refractivity contribution in [3.8, 4) is 0 Å². The molecular formula is C23H29N5O. The lowest BCUT2D eigenvalue weighted by Crippen LogP contribution is -2.13. The second-order valence-corrected chi connectivity index (χ2v) is 5.20.